The summed E-state index contributed by atoms with van der Waals surface area (Å²) in [6, 6.07) is 1.24. The summed E-state index contributed by atoms with van der Waals surface area (Å²) in [5.74, 6) is 0.528. The van der Waals surface area contributed by atoms with Gasteiger partial charge < -0.3 is 10.3 Å². The first kappa shape index (κ1) is 14.8. The Balaban J connectivity index is 2.10. The second-order valence-corrected chi connectivity index (χ2v) is 5.87. The van der Waals surface area contributed by atoms with E-state index in [2.05, 4.69) is 17.2 Å². The molecule has 6 nitrogen and oxygen atoms in total. The molecule has 1 aliphatic rings. The Labute approximate surface area is 122 Å². The lowest BCUT2D eigenvalue weighted by Gasteiger charge is -2.39. The number of nitrogens with zero attached hydrogens (tertiary/aromatic N) is 1. The highest BCUT2D eigenvalue weighted by molar-refractivity contribution is 6.19. The maximum atomic E-state index is 12.2. The molecule has 1 aromatic rings. The standard InChI is InChI=1S/C13H18ClN3O3/c1-9-3-2-4-13(6-9,8-14)16-12(18)11-5-10(7-15-11)17(19)20/h5,7,9,15H,2-4,6,8H2,1H3,(H,16,18). The lowest BCUT2D eigenvalue weighted by atomic mass is 9.77. The minimum Gasteiger partial charge on any atom is -0.351 e. The van der Waals surface area contributed by atoms with E-state index in [1.165, 1.54) is 12.3 Å². The molecule has 2 N–H and O–H groups in total. The predicted molar refractivity (Wildman–Crippen MR) is 76.0 cm³/mol. The summed E-state index contributed by atoms with van der Waals surface area (Å²) in [7, 11) is 0. The van der Waals surface area contributed by atoms with Gasteiger partial charge in [0.15, 0.2) is 0 Å². The lowest BCUT2D eigenvalue weighted by Crippen LogP contribution is -2.52. The molecule has 2 atom stereocenters. The summed E-state index contributed by atoms with van der Waals surface area (Å²) in [6.07, 6.45) is 5.06. The first-order chi connectivity index (χ1) is 9.46. The number of nitrogens with one attached hydrogen (secondary N) is 2. The fourth-order valence-electron chi connectivity index (χ4n) is 2.86. The van der Waals surface area contributed by atoms with Crippen molar-refractivity contribution in [3.63, 3.8) is 0 Å². The molecule has 1 heterocycles. The van der Waals surface area contributed by atoms with Crippen LogP contribution in [-0.2, 0) is 0 Å². The molecule has 20 heavy (non-hydrogen) atoms. The molecule has 0 saturated heterocycles. The normalized spacial score (nSPS) is 26.2. The van der Waals surface area contributed by atoms with Crippen molar-refractivity contribution in [1.82, 2.24) is 10.3 Å². The van der Waals surface area contributed by atoms with Crippen molar-refractivity contribution in [1.29, 1.82) is 0 Å². The van der Waals surface area contributed by atoms with Crippen LogP contribution in [0.4, 0.5) is 5.69 Å². The molecule has 1 saturated carbocycles. The van der Waals surface area contributed by atoms with E-state index < -0.39 is 10.5 Å². The molecule has 0 spiro atoms. The Morgan fingerprint density at radius 3 is 3.00 bits per heavy atom. The van der Waals surface area contributed by atoms with Crippen molar-refractivity contribution in [2.24, 2.45) is 5.92 Å². The number of nitro groups is 1. The van der Waals surface area contributed by atoms with E-state index >= 15 is 0 Å². The van der Waals surface area contributed by atoms with Gasteiger partial charge in [0.2, 0.25) is 0 Å². The Hall–Kier alpha value is -1.56. The van der Waals surface area contributed by atoms with Crippen LogP contribution in [-0.4, -0.2) is 27.2 Å². The molecule has 2 unspecified atom stereocenters. The highest BCUT2D eigenvalue weighted by atomic mass is 35.5. The molecule has 0 radical (unpaired) electrons. The third-order valence-electron chi connectivity index (χ3n) is 3.85. The van der Waals surface area contributed by atoms with Gasteiger partial charge in [0.1, 0.15) is 5.69 Å². The van der Waals surface area contributed by atoms with Gasteiger partial charge in [-0.1, -0.05) is 19.8 Å². The Kier molecular flexibility index (Phi) is 4.32. The fraction of sp³-hybridized carbons (Fsp3) is 0.615. The highest BCUT2D eigenvalue weighted by Crippen LogP contribution is 2.33. The van der Waals surface area contributed by atoms with Crippen molar-refractivity contribution in [3.8, 4) is 0 Å². The second kappa shape index (κ2) is 5.83. The third kappa shape index (κ3) is 3.12. The molecule has 110 valence electrons. The molecule has 1 aliphatic carbocycles. The van der Waals surface area contributed by atoms with Crippen molar-refractivity contribution in [2.45, 2.75) is 38.1 Å². The number of rotatable bonds is 4. The van der Waals surface area contributed by atoms with E-state index in [0.717, 1.165) is 25.7 Å². The maximum Gasteiger partial charge on any atom is 0.287 e. The summed E-state index contributed by atoms with van der Waals surface area (Å²) >= 11 is 6.06. The summed E-state index contributed by atoms with van der Waals surface area (Å²) < 4.78 is 0. The molecule has 0 bridgehead atoms. The SMILES string of the molecule is CC1CCCC(CCl)(NC(=O)c2cc([N+](=O)[O-])c[nH]2)C1. The zero-order valence-electron chi connectivity index (χ0n) is 11.3. The van der Waals surface area contributed by atoms with Gasteiger partial charge >= 0.3 is 0 Å². The number of carbonyl (C=O) groups is 1. The number of halogens is 1. The summed E-state index contributed by atoms with van der Waals surface area (Å²) in [4.78, 5) is 24.9. The van der Waals surface area contributed by atoms with Crippen LogP contribution < -0.4 is 5.32 Å². The van der Waals surface area contributed by atoms with E-state index in [4.69, 9.17) is 11.6 Å². The Morgan fingerprint density at radius 2 is 2.45 bits per heavy atom. The van der Waals surface area contributed by atoms with Crippen molar-refractivity contribution < 1.29 is 9.72 Å². The summed E-state index contributed by atoms with van der Waals surface area (Å²) in [5, 5.41) is 13.6. The van der Waals surface area contributed by atoms with E-state index in [0.29, 0.717) is 11.8 Å². The monoisotopic (exact) mass is 299 g/mol. The van der Waals surface area contributed by atoms with Crippen LogP contribution in [0.5, 0.6) is 0 Å². The van der Waals surface area contributed by atoms with Gasteiger partial charge in [0, 0.05) is 11.9 Å². The predicted octanol–water partition coefficient (Wildman–Crippen LogP) is 2.84. The smallest absolute Gasteiger partial charge is 0.287 e. The molecule has 2 rings (SSSR count). The van der Waals surface area contributed by atoms with Crippen molar-refractivity contribution in [3.05, 3.63) is 28.1 Å². The molecule has 1 amide bonds. The number of aromatic amines is 1. The van der Waals surface area contributed by atoms with Crippen LogP contribution in [0.2, 0.25) is 0 Å². The zero-order valence-corrected chi connectivity index (χ0v) is 12.1. The van der Waals surface area contributed by atoms with Crippen LogP contribution in [0.3, 0.4) is 0 Å². The molecule has 0 aliphatic heterocycles. The molecule has 1 aromatic heterocycles. The number of amides is 1. The van der Waals surface area contributed by atoms with Crippen LogP contribution in [0.15, 0.2) is 12.3 Å². The molecule has 7 heteroatoms. The van der Waals surface area contributed by atoms with Gasteiger partial charge in [-0.25, -0.2) is 0 Å². The van der Waals surface area contributed by atoms with Gasteiger partial charge in [-0.3, -0.25) is 14.9 Å². The van der Waals surface area contributed by atoms with Gasteiger partial charge in [-0.15, -0.1) is 11.6 Å². The van der Waals surface area contributed by atoms with Gasteiger partial charge in [0.25, 0.3) is 11.6 Å². The number of H-pyrrole nitrogens is 1. The third-order valence-corrected chi connectivity index (χ3v) is 4.36. The quantitative estimate of drug-likeness (QED) is 0.509. The molecular formula is C13H18ClN3O3. The van der Waals surface area contributed by atoms with Crippen LogP contribution in [0.1, 0.15) is 43.1 Å². The van der Waals surface area contributed by atoms with E-state index in [1.807, 2.05) is 0 Å². The largest absolute Gasteiger partial charge is 0.351 e. The Morgan fingerprint density at radius 1 is 1.70 bits per heavy atom. The first-order valence-electron chi connectivity index (χ1n) is 6.67. The van der Waals surface area contributed by atoms with Crippen LogP contribution >= 0.6 is 11.6 Å². The maximum absolute atomic E-state index is 12.2. The van der Waals surface area contributed by atoms with Crippen molar-refractivity contribution >= 4 is 23.2 Å². The fourth-order valence-corrected chi connectivity index (χ4v) is 3.17. The molecular weight excluding hydrogens is 282 g/mol. The minimum absolute atomic E-state index is 0.118. The number of hydrogen-bond donors (Lipinski definition) is 2. The van der Waals surface area contributed by atoms with Crippen molar-refractivity contribution in [2.75, 3.05) is 5.88 Å². The average Bonchev–Trinajstić information content (AvgIpc) is 2.88. The first-order valence-corrected chi connectivity index (χ1v) is 7.20. The number of hydrogen-bond acceptors (Lipinski definition) is 3. The van der Waals surface area contributed by atoms with Gasteiger partial charge in [0.05, 0.1) is 16.7 Å². The number of alkyl halides is 1. The van der Waals surface area contributed by atoms with Crippen LogP contribution in [0.25, 0.3) is 0 Å². The average molecular weight is 300 g/mol. The lowest BCUT2D eigenvalue weighted by molar-refractivity contribution is -0.384. The van der Waals surface area contributed by atoms with E-state index in [1.54, 1.807) is 0 Å². The topological polar surface area (TPSA) is 88.0 Å². The molecule has 1 fully saturated rings. The highest BCUT2D eigenvalue weighted by Gasteiger charge is 2.36. The molecule has 0 aromatic carbocycles. The number of aromatic nitrogens is 1. The second-order valence-electron chi connectivity index (χ2n) is 5.60. The minimum atomic E-state index is -0.534. The van der Waals surface area contributed by atoms with Gasteiger partial charge in [-0.2, -0.15) is 0 Å². The number of carbonyl (C=O) groups excluding carboxylic acids is 1. The van der Waals surface area contributed by atoms with E-state index in [9.17, 15) is 14.9 Å². The van der Waals surface area contributed by atoms with Gasteiger partial charge in [-0.05, 0) is 18.8 Å². The zero-order chi connectivity index (χ0) is 14.8. The van der Waals surface area contributed by atoms with Crippen LogP contribution in [0, 0.1) is 16.0 Å². The Bertz CT molecular complexity index is 517. The summed E-state index contributed by atoms with van der Waals surface area (Å²) in [5.41, 5.74) is -0.331. The summed E-state index contributed by atoms with van der Waals surface area (Å²) in [6.45, 7) is 2.14. The van der Waals surface area contributed by atoms with E-state index in [-0.39, 0.29) is 17.3 Å².